The number of hydrogen-bond donors (Lipinski definition) is 1. The van der Waals surface area contributed by atoms with E-state index in [2.05, 4.69) is 27.9 Å². The van der Waals surface area contributed by atoms with E-state index in [1.54, 1.807) is 6.26 Å². The Hall–Kier alpha value is -0.320. The van der Waals surface area contributed by atoms with Crippen molar-refractivity contribution in [1.82, 2.24) is 4.90 Å². The van der Waals surface area contributed by atoms with Crippen LogP contribution >= 0.6 is 15.9 Å². The van der Waals surface area contributed by atoms with Crippen LogP contribution in [0.5, 0.6) is 0 Å². The molecule has 17 heavy (non-hydrogen) atoms. The predicted molar refractivity (Wildman–Crippen MR) is 72.8 cm³/mol. The Kier molecular flexibility index (Phi) is 4.65. The maximum Gasteiger partial charge on any atom is 0.136 e. The van der Waals surface area contributed by atoms with E-state index in [0.29, 0.717) is 12.6 Å². The van der Waals surface area contributed by atoms with Crippen molar-refractivity contribution in [2.45, 2.75) is 44.2 Å². The predicted octanol–water partition coefficient (Wildman–Crippen LogP) is 3.31. The fourth-order valence-electron chi connectivity index (χ4n) is 2.74. The molecule has 0 saturated heterocycles. The van der Waals surface area contributed by atoms with Crippen molar-refractivity contribution in [2.75, 3.05) is 13.6 Å². The summed E-state index contributed by atoms with van der Waals surface area (Å²) in [6.45, 7) is 0.596. The van der Waals surface area contributed by atoms with E-state index < -0.39 is 0 Å². The molecule has 1 aromatic heterocycles. The van der Waals surface area contributed by atoms with E-state index in [1.165, 1.54) is 32.1 Å². The van der Waals surface area contributed by atoms with Crippen LogP contribution in [-0.2, 0) is 0 Å². The summed E-state index contributed by atoms with van der Waals surface area (Å²) in [5.41, 5.74) is 5.92. The minimum absolute atomic E-state index is 0.183. The van der Waals surface area contributed by atoms with Crippen LogP contribution in [0.25, 0.3) is 0 Å². The smallest absolute Gasteiger partial charge is 0.136 e. The summed E-state index contributed by atoms with van der Waals surface area (Å²) in [7, 11) is 2.17. The quantitative estimate of drug-likeness (QED) is 0.928. The van der Waals surface area contributed by atoms with Crippen LogP contribution in [0.1, 0.15) is 43.9 Å². The summed E-state index contributed by atoms with van der Waals surface area (Å²) in [5.74, 6) is 0.959. The Labute approximate surface area is 111 Å². The molecule has 1 aromatic rings. The number of nitrogens with zero attached hydrogens (tertiary/aromatic N) is 1. The second-order valence-electron chi connectivity index (χ2n) is 4.84. The Morgan fingerprint density at radius 2 is 2.18 bits per heavy atom. The van der Waals surface area contributed by atoms with Crippen molar-refractivity contribution >= 4 is 15.9 Å². The molecule has 1 heterocycles. The van der Waals surface area contributed by atoms with Crippen LogP contribution in [0.4, 0.5) is 0 Å². The van der Waals surface area contributed by atoms with Crippen LogP contribution in [-0.4, -0.2) is 24.5 Å². The zero-order valence-electron chi connectivity index (χ0n) is 10.4. The summed E-state index contributed by atoms with van der Waals surface area (Å²) >= 11 is 3.52. The lowest BCUT2D eigenvalue weighted by Gasteiger charge is -2.35. The molecule has 4 heteroatoms. The third-order valence-corrected chi connectivity index (χ3v) is 4.47. The van der Waals surface area contributed by atoms with Crippen molar-refractivity contribution in [3.63, 3.8) is 0 Å². The first-order valence-corrected chi connectivity index (χ1v) is 7.18. The third kappa shape index (κ3) is 2.92. The monoisotopic (exact) mass is 300 g/mol. The van der Waals surface area contributed by atoms with Crippen LogP contribution in [0, 0.1) is 0 Å². The van der Waals surface area contributed by atoms with Crippen molar-refractivity contribution < 1.29 is 4.42 Å². The van der Waals surface area contributed by atoms with Gasteiger partial charge < -0.3 is 10.2 Å². The highest BCUT2D eigenvalue weighted by molar-refractivity contribution is 9.10. The summed E-state index contributed by atoms with van der Waals surface area (Å²) in [5, 5.41) is 0. The van der Waals surface area contributed by atoms with E-state index in [9.17, 15) is 0 Å². The SMILES string of the molecule is CN(C1CCCCC1)C(CN)c1occc1Br. The van der Waals surface area contributed by atoms with Crippen molar-refractivity contribution in [3.8, 4) is 0 Å². The van der Waals surface area contributed by atoms with Crippen LogP contribution < -0.4 is 5.73 Å². The number of halogens is 1. The van der Waals surface area contributed by atoms with Crippen molar-refractivity contribution in [3.05, 3.63) is 22.6 Å². The minimum Gasteiger partial charge on any atom is -0.466 e. The highest BCUT2D eigenvalue weighted by Gasteiger charge is 2.27. The molecule has 0 amide bonds. The van der Waals surface area contributed by atoms with Crippen LogP contribution in [0.15, 0.2) is 21.2 Å². The van der Waals surface area contributed by atoms with E-state index >= 15 is 0 Å². The second-order valence-corrected chi connectivity index (χ2v) is 5.70. The van der Waals surface area contributed by atoms with Gasteiger partial charge in [0.05, 0.1) is 16.8 Å². The number of nitrogens with two attached hydrogens (primary N) is 1. The molecule has 1 saturated carbocycles. The van der Waals surface area contributed by atoms with Gasteiger partial charge in [-0.15, -0.1) is 0 Å². The zero-order valence-corrected chi connectivity index (χ0v) is 11.9. The molecule has 1 fully saturated rings. The summed E-state index contributed by atoms with van der Waals surface area (Å²) < 4.78 is 6.58. The standard InChI is InChI=1S/C13H21BrN2O/c1-16(10-5-3-2-4-6-10)12(9-15)13-11(14)7-8-17-13/h7-8,10,12H,2-6,9,15H2,1H3. The lowest BCUT2D eigenvalue weighted by molar-refractivity contribution is 0.126. The van der Waals surface area contributed by atoms with Gasteiger partial charge in [-0.05, 0) is 41.9 Å². The fourth-order valence-corrected chi connectivity index (χ4v) is 3.21. The molecule has 1 aliphatic carbocycles. The lowest BCUT2D eigenvalue weighted by Crippen LogP contribution is -2.39. The van der Waals surface area contributed by atoms with Gasteiger partial charge in [0, 0.05) is 12.6 Å². The van der Waals surface area contributed by atoms with Gasteiger partial charge in [0.1, 0.15) is 5.76 Å². The van der Waals surface area contributed by atoms with Gasteiger partial charge in [-0.25, -0.2) is 0 Å². The van der Waals surface area contributed by atoms with Gasteiger partial charge in [0.2, 0.25) is 0 Å². The van der Waals surface area contributed by atoms with Crippen LogP contribution in [0.3, 0.4) is 0 Å². The molecular weight excluding hydrogens is 280 g/mol. The molecule has 0 radical (unpaired) electrons. The van der Waals surface area contributed by atoms with E-state index in [-0.39, 0.29) is 6.04 Å². The van der Waals surface area contributed by atoms with Crippen molar-refractivity contribution in [1.29, 1.82) is 0 Å². The maximum atomic E-state index is 5.92. The fraction of sp³-hybridized carbons (Fsp3) is 0.692. The van der Waals surface area contributed by atoms with Gasteiger partial charge >= 0.3 is 0 Å². The first-order valence-electron chi connectivity index (χ1n) is 6.39. The molecule has 0 aromatic carbocycles. The first-order chi connectivity index (χ1) is 8.24. The topological polar surface area (TPSA) is 42.4 Å². The van der Waals surface area contributed by atoms with Gasteiger partial charge in [0.15, 0.2) is 0 Å². The summed E-state index contributed by atoms with van der Waals surface area (Å²) in [6, 6.07) is 2.77. The Morgan fingerprint density at radius 1 is 1.47 bits per heavy atom. The largest absolute Gasteiger partial charge is 0.466 e. The van der Waals surface area contributed by atoms with Gasteiger partial charge in [-0.1, -0.05) is 19.3 Å². The first kappa shape index (κ1) is 13.1. The molecule has 2 N–H and O–H groups in total. The molecule has 3 nitrogen and oxygen atoms in total. The van der Waals surface area contributed by atoms with Crippen molar-refractivity contribution in [2.24, 2.45) is 5.73 Å². The normalized spacial score (nSPS) is 19.8. The molecule has 1 aliphatic rings. The van der Waals surface area contributed by atoms with E-state index in [1.807, 2.05) is 6.07 Å². The number of rotatable bonds is 4. The molecule has 0 bridgehead atoms. The highest BCUT2D eigenvalue weighted by Crippen LogP contribution is 2.32. The average molecular weight is 301 g/mol. The maximum absolute atomic E-state index is 5.92. The third-order valence-electron chi connectivity index (χ3n) is 3.81. The Morgan fingerprint density at radius 3 is 2.71 bits per heavy atom. The molecule has 0 spiro atoms. The van der Waals surface area contributed by atoms with Gasteiger partial charge in [0.25, 0.3) is 0 Å². The summed E-state index contributed by atoms with van der Waals surface area (Å²) in [6.07, 6.45) is 8.34. The van der Waals surface area contributed by atoms with E-state index in [4.69, 9.17) is 10.2 Å². The Bertz CT molecular complexity index is 347. The van der Waals surface area contributed by atoms with Gasteiger partial charge in [-0.3, -0.25) is 4.90 Å². The lowest BCUT2D eigenvalue weighted by atomic mass is 9.93. The molecular formula is C13H21BrN2O. The number of furan rings is 1. The second kappa shape index (κ2) is 6.03. The van der Waals surface area contributed by atoms with Crippen LogP contribution in [0.2, 0.25) is 0 Å². The highest BCUT2D eigenvalue weighted by atomic mass is 79.9. The van der Waals surface area contributed by atoms with Gasteiger partial charge in [-0.2, -0.15) is 0 Å². The minimum atomic E-state index is 0.183. The Balaban J connectivity index is 2.09. The molecule has 96 valence electrons. The average Bonchev–Trinajstić information content (AvgIpc) is 2.78. The molecule has 1 unspecified atom stereocenters. The van der Waals surface area contributed by atoms with E-state index in [0.717, 1.165) is 10.2 Å². The molecule has 1 atom stereocenters. The summed E-state index contributed by atoms with van der Waals surface area (Å²) in [4.78, 5) is 2.39. The zero-order chi connectivity index (χ0) is 12.3. The number of hydrogen-bond acceptors (Lipinski definition) is 3. The molecule has 0 aliphatic heterocycles. The number of likely N-dealkylation sites (N-methyl/N-ethyl adjacent to an activating group) is 1. The molecule has 2 rings (SSSR count).